The Hall–Kier alpha value is -6.52. The highest BCUT2D eigenvalue weighted by molar-refractivity contribution is 5.61. The van der Waals surface area contributed by atoms with Crippen molar-refractivity contribution in [3.8, 4) is 69.7 Å². The van der Waals surface area contributed by atoms with Crippen molar-refractivity contribution in [1.29, 1.82) is 0 Å². The van der Waals surface area contributed by atoms with Crippen LogP contribution in [0.2, 0.25) is 0 Å². The number of benzene rings is 3. The molecular weight excluding hydrogens is 997 g/mol. The van der Waals surface area contributed by atoms with E-state index in [0.29, 0.717) is 96.8 Å². The summed E-state index contributed by atoms with van der Waals surface area (Å²) in [5, 5.41) is 0. The number of hydrogen-bond acceptors (Lipinski definition) is 10. The van der Waals surface area contributed by atoms with Crippen molar-refractivity contribution < 1.29 is 37.9 Å². The van der Waals surface area contributed by atoms with Gasteiger partial charge in [0.15, 0.2) is 23.0 Å². The van der Waals surface area contributed by atoms with Gasteiger partial charge in [-0.1, -0.05) is 181 Å². The Balaban J connectivity index is 1.58. The van der Waals surface area contributed by atoms with Crippen molar-refractivity contribution in [1.82, 2.24) is 9.97 Å². The quantitative estimate of drug-likeness (QED) is 0.0277. The Morgan fingerprint density at radius 1 is 0.287 bits per heavy atom. The number of ether oxygens (including phenoxy) is 8. The van der Waals surface area contributed by atoms with Gasteiger partial charge in [-0.05, 0) is 98.2 Å². The Morgan fingerprint density at radius 2 is 0.562 bits per heavy atom. The fraction of sp³-hybridized carbons (Fsp3) is 0.543. The average molecular weight is 1090 g/mol. The van der Waals surface area contributed by atoms with Crippen LogP contribution in [0.25, 0.3) is 0 Å². The van der Waals surface area contributed by atoms with E-state index in [0.717, 1.165) is 138 Å². The largest absolute Gasteiger partial charge is 0.490 e. The van der Waals surface area contributed by atoms with Gasteiger partial charge in [-0.2, -0.15) is 0 Å². The molecule has 0 amide bonds. The van der Waals surface area contributed by atoms with E-state index < -0.39 is 0 Å². The molecule has 0 saturated heterocycles. The third kappa shape index (κ3) is 24.9. The van der Waals surface area contributed by atoms with Crippen LogP contribution in [0.5, 0.6) is 46.0 Å². The van der Waals surface area contributed by atoms with Crippen molar-refractivity contribution >= 4 is 0 Å². The summed E-state index contributed by atoms with van der Waals surface area (Å²) in [4.78, 5) is 8.46. The van der Waals surface area contributed by atoms with E-state index in [1.54, 1.807) is 24.8 Å². The number of pyridine rings is 2. The van der Waals surface area contributed by atoms with E-state index in [4.69, 9.17) is 37.9 Å². The van der Waals surface area contributed by atoms with Gasteiger partial charge in [-0.25, -0.2) is 0 Å². The van der Waals surface area contributed by atoms with Gasteiger partial charge >= 0.3 is 0 Å². The van der Waals surface area contributed by atoms with Gasteiger partial charge < -0.3 is 37.9 Å². The zero-order chi connectivity index (χ0) is 56.5. The first-order chi connectivity index (χ1) is 39.5. The van der Waals surface area contributed by atoms with Crippen LogP contribution in [-0.2, 0) is 13.2 Å². The van der Waals surface area contributed by atoms with Gasteiger partial charge in [-0.15, -0.1) is 0 Å². The standard InChI is InChI=1S/C70H96N2O8/c1-7-13-19-25-43-73-65-49-59(50-66(74-44-26-20-14-8-2)69(65)77-47-29-23-17-11-5)55-79-63-53-62(34-32-58-37-41-72-42-38-58)64(54-61(63)33-31-57-35-39-71-40-36-57)80-56-60-51-67(75-45-27-21-15-9-3)70(78-48-30-24-18-12-6)68(52-60)76-46-28-22-16-10-4/h35-42,49-54H,7-30,43-48,55-56H2,1-6H3. The van der Waals surface area contributed by atoms with Gasteiger partial charge in [0.1, 0.15) is 24.7 Å². The minimum atomic E-state index is 0.200. The minimum absolute atomic E-state index is 0.200. The second kappa shape index (κ2) is 40.6. The summed E-state index contributed by atoms with van der Waals surface area (Å²) in [6.07, 6.45) is 33.3. The molecule has 0 unspecified atom stereocenters. The van der Waals surface area contributed by atoms with Crippen LogP contribution in [0.3, 0.4) is 0 Å². The van der Waals surface area contributed by atoms with Crippen molar-refractivity contribution in [2.75, 3.05) is 39.6 Å². The number of aromatic nitrogens is 2. The summed E-state index contributed by atoms with van der Waals surface area (Å²) in [7, 11) is 0. The molecule has 0 saturated carbocycles. The summed E-state index contributed by atoms with van der Waals surface area (Å²) in [6, 6.07) is 19.6. The fourth-order valence-electron chi connectivity index (χ4n) is 8.86. The molecule has 2 heterocycles. The normalized spacial score (nSPS) is 10.8. The molecule has 2 aromatic heterocycles. The van der Waals surface area contributed by atoms with E-state index in [1.165, 1.54) is 38.5 Å². The molecule has 10 heteroatoms. The molecule has 0 aliphatic carbocycles. The van der Waals surface area contributed by atoms with Crippen LogP contribution in [-0.4, -0.2) is 49.6 Å². The van der Waals surface area contributed by atoms with E-state index in [-0.39, 0.29) is 13.2 Å². The zero-order valence-corrected chi connectivity index (χ0v) is 49.9. The molecule has 0 atom stereocenters. The lowest BCUT2D eigenvalue weighted by atomic mass is 10.1. The minimum Gasteiger partial charge on any atom is -0.490 e. The summed E-state index contributed by atoms with van der Waals surface area (Å²) in [6.45, 7) is 17.3. The number of rotatable bonds is 42. The summed E-state index contributed by atoms with van der Waals surface area (Å²) in [5.41, 5.74) is 4.67. The van der Waals surface area contributed by atoms with Crippen LogP contribution in [0.4, 0.5) is 0 Å². The average Bonchev–Trinajstić information content (AvgIpc) is 3.52. The Morgan fingerprint density at radius 3 is 0.838 bits per heavy atom. The maximum Gasteiger partial charge on any atom is 0.203 e. The molecule has 0 spiro atoms. The predicted molar refractivity (Wildman–Crippen MR) is 326 cm³/mol. The van der Waals surface area contributed by atoms with Gasteiger partial charge in [0, 0.05) is 48.0 Å². The number of nitrogens with zero attached hydrogens (tertiary/aromatic N) is 2. The SMILES string of the molecule is CCCCCCOc1cc(COc2cc(C#Cc3ccncc3)c(OCc3cc(OCCCCCC)c(OCCCCCC)c(OCCCCCC)c3)cc2C#Cc2ccncc2)cc(OCCCCCC)c1OCCCCCC. The molecule has 0 aliphatic heterocycles. The molecule has 5 rings (SSSR count). The second-order valence-electron chi connectivity index (χ2n) is 20.7. The Kier molecular flexibility index (Phi) is 32.7. The molecule has 0 radical (unpaired) electrons. The topological polar surface area (TPSA) is 99.6 Å². The van der Waals surface area contributed by atoms with Crippen molar-refractivity contribution in [3.05, 3.63) is 119 Å². The molecule has 10 nitrogen and oxygen atoms in total. The second-order valence-corrected chi connectivity index (χ2v) is 20.7. The molecule has 434 valence electrons. The zero-order valence-electron chi connectivity index (χ0n) is 49.9. The third-order valence-electron chi connectivity index (χ3n) is 13.6. The van der Waals surface area contributed by atoms with E-state index in [1.807, 2.05) is 60.7 Å². The highest BCUT2D eigenvalue weighted by Gasteiger charge is 2.20. The summed E-state index contributed by atoms with van der Waals surface area (Å²) >= 11 is 0. The molecule has 5 aromatic rings. The van der Waals surface area contributed by atoms with Crippen LogP contribution >= 0.6 is 0 Å². The predicted octanol–water partition coefficient (Wildman–Crippen LogP) is 18.2. The lowest BCUT2D eigenvalue weighted by molar-refractivity contribution is 0.232. The summed E-state index contributed by atoms with van der Waals surface area (Å²) in [5.74, 6) is 18.7. The Bertz CT molecular complexity index is 2330. The molecule has 0 aliphatic rings. The fourth-order valence-corrected chi connectivity index (χ4v) is 8.86. The lowest BCUT2D eigenvalue weighted by Crippen LogP contribution is -2.08. The van der Waals surface area contributed by atoms with Crippen LogP contribution in [0.15, 0.2) is 85.5 Å². The molecule has 80 heavy (non-hydrogen) atoms. The van der Waals surface area contributed by atoms with Gasteiger partial charge in [0.2, 0.25) is 11.5 Å². The Labute approximate surface area is 482 Å². The van der Waals surface area contributed by atoms with Gasteiger partial charge in [0.25, 0.3) is 0 Å². The monoisotopic (exact) mass is 1090 g/mol. The smallest absolute Gasteiger partial charge is 0.203 e. The third-order valence-corrected chi connectivity index (χ3v) is 13.6. The summed E-state index contributed by atoms with van der Waals surface area (Å²) < 4.78 is 53.3. The molecular formula is C70H96N2O8. The van der Waals surface area contributed by atoms with E-state index >= 15 is 0 Å². The van der Waals surface area contributed by atoms with Crippen LogP contribution < -0.4 is 37.9 Å². The molecule has 3 aromatic carbocycles. The maximum absolute atomic E-state index is 6.89. The van der Waals surface area contributed by atoms with Crippen molar-refractivity contribution in [2.24, 2.45) is 0 Å². The lowest BCUT2D eigenvalue weighted by Gasteiger charge is -2.20. The molecule has 0 bridgehead atoms. The molecule has 0 N–H and O–H groups in total. The van der Waals surface area contributed by atoms with Crippen LogP contribution in [0.1, 0.15) is 229 Å². The first-order valence-corrected chi connectivity index (χ1v) is 30.9. The van der Waals surface area contributed by atoms with E-state index in [9.17, 15) is 0 Å². The van der Waals surface area contributed by atoms with Crippen molar-refractivity contribution in [2.45, 2.75) is 209 Å². The number of hydrogen-bond donors (Lipinski definition) is 0. The van der Waals surface area contributed by atoms with Crippen molar-refractivity contribution in [3.63, 3.8) is 0 Å². The number of unbranched alkanes of at least 4 members (excludes halogenated alkanes) is 18. The highest BCUT2D eigenvalue weighted by atomic mass is 16.6. The van der Waals surface area contributed by atoms with Gasteiger partial charge in [0.05, 0.1) is 50.8 Å². The van der Waals surface area contributed by atoms with E-state index in [2.05, 4.69) is 75.2 Å². The first kappa shape index (κ1) is 64.3. The molecule has 0 fully saturated rings. The first-order valence-electron chi connectivity index (χ1n) is 30.9. The highest BCUT2D eigenvalue weighted by Crippen LogP contribution is 2.42. The maximum atomic E-state index is 6.89. The van der Waals surface area contributed by atoms with Crippen LogP contribution in [0, 0.1) is 23.7 Å². The van der Waals surface area contributed by atoms with Gasteiger partial charge in [-0.3, -0.25) is 9.97 Å².